The molecular formula is C51H35N5. The maximum Gasteiger partial charge on any atom is 0.238 e. The molecule has 0 atom stereocenters. The number of benzene rings is 7. The molecule has 0 bridgehead atoms. The predicted octanol–water partition coefficient (Wildman–Crippen LogP) is 12.5. The second kappa shape index (κ2) is 13.2. The van der Waals surface area contributed by atoms with Crippen LogP contribution in [0.4, 0.5) is 0 Å². The van der Waals surface area contributed by atoms with Gasteiger partial charge >= 0.3 is 0 Å². The molecule has 10 aromatic rings. The third kappa shape index (κ3) is 5.36. The summed E-state index contributed by atoms with van der Waals surface area (Å²) in [6.07, 6.45) is 6.48. The highest BCUT2D eigenvalue weighted by Crippen LogP contribution is 2.37. The number of aryl methyl sites for hydroxylation is 1. The molecule has 0 aliphatic heterocycles. The first kappa shape index (κ1) is 32.1. The number of para-hydroxylation sites is 2. The van der Waals surface area contributed by atoms with Crippen LogP contribution < -0.4 is 0 Å². The molecule has 0 saturated carbocycles. The van der Waals surface area contributed by atoms with E-state index in [0.29, 0.717) is 17.6 Å². The maximum atomic E-state index is 5.30. The molecule has 11 rings (SSSR count). The summed E-state index contributed by atoms with van der Waals surface area (Å²) in [7, 11) is 0. The van der Waals surface area contributed by atoms with Crippen molar-refractivity contribution in [1.29, 1.82) is 0 Å². The fourth-order valence-corrected chi connectivity index (χ4v) is 8.44. The van der Waals surface area contributed by atoms with Gasteiger partial charge in [0.25, 0.3) is 0 Å². The molecule has 0 fully saturated rings. The first-order valence-electron chi connectivity index (χ1n) is 19.2. The molecule has 0 saturated heterocycles. The molecule has 0 amide bonds. The maximum absolute atomic E-state index is 5.30. The zero-order valence-corrected chi connectivity index (χ0v) is 30.5. The van der Waals surface area contributed by atoms with Gasteiger partial charge in [0.2, 0.25) is 5.95 Å². The molecule has 0 spiro atoms. The minimum absolute atomic E-state index is 0.606. The van der Waals surface area contributed by atoms with Crippen LogP contribution >= 0.6 is 0 Å². The fraction of sp³-hybridized carbons (Fsp3) is 0.0392. The topological polar surface area (TPSA) is 48.5 Å². The molecule has 5 nitrogen and oxygen atoms in total. The largest absolute Gasteiger partial charge is 0.309 e. The van der Waals surface area contributed by atoms with E-state index in [1.807, 2.05) is 6.07 Å². The van der Waals surface area contributed by atoms with Crippen LogP contribution in [-0.2, 0) is 6.42 Å². The van der Waals surface area contributed by atoms with E-state index >= 15 is 0 Å². The Morgan fingerprint density at radius 2 is 0.964 bits per heavy atom. The Bertz CT molecular complexity index is 3130. The number of nitrogens with zero attached hydrogens (tertiary/aromatic N) is 5. The molecule has 0 N–H and O–H groups in total. The van der Waals surface area contributed by atoms with Crippen LogP contribution in [0.15, 0.2) is 182 Å². The zero-order valence-electron chi connectivity index (χ0n) is 30.5. The lowest BCUT2D eigenvalue weighted by Gasteiger charge is -2.14. The molecule has 56 heavy (non-hydrogen) atoms. The highest BCUT2D eigenvalue weighted by Gasteiger charge is 2.22. The molecular weight excluding hydrogens is 683 g/mol. The predicted molar refractivity (Wildman–Crippen MR) is 230 cm³/mol. The first-order chi connectivity index (χ1) is 27.8. The van der Waals surface area contributed by atoms with Gasteiger partial charge in [-0.2, -0.15) is 9.97 Å². The van der Waals surface area contributed by atoms with Gasteiger partial charge in [0, 0.05) is 33.0 Å². The molecule has 5 heteroatoms. The average molecular weight is 718 g/mol. The van der Waals surface area contributed by atoms with Crippen molar-refractivity contribution in [3.8, 4) is 56.7 Å². The summed E-state index contributed by atoms with van der Waals surface area (Å²) in [5.74, 6) is 1.86. The lowest BCUT2D eigenvalue weighted by molar-refractivity contribution is 0.902. The van der Waals surface area contributed by atoms with Gasteiger partial charge < -0.3 is 4.57 Å². The van der Waals surface area contributed by atoms with Crippen molar-refractivity contribution >= 4 is 38.8 Å². The van der Waals surface area contributed by atoms with Crippen LogP contribution in [0.5, 0.6) is 0 Å². The van der Waals surface area contributed by atoms with Crippen LogP contribution in [0.3, 0.4) is 0 Å². The van der Waals surface area contributed by atoms with Crippen LogP contribution in [0.25, 0.3) is 95.5 Å². The second-order valence-corrected chi connectivity index (χ2v) is 14.4. The van der Waals surface area contributed by atoms with E-state index in [1.54, 1.807) is 0 Å². The van der Waals surface area contributed by atoms with Gasteiger partial charge in [-0.1, -0.05) is 140 Å². The highest BCUT2D eigenvalue weighted by atomic mass is 15.2. The number of allylic oxidation sites excluding steroid dienone is 1. The Hall–Kier alpha value is -7.37. The Morgan fingerprint density at radius 1 is 0.393 bits per heavy atom. The van der Waals surface area contributed by atoms with Crippen LogP contribution in [0.1, 0.15) is 17.7 Å². The van der Waals surface area contributed by atoms with Crippen molar-refractivity contribution in [2.45, 2.75) is 12.8 Å². The van der Waals surface area contributed by atoms with Gasteiger partial charge in [0.15, 0.2) is 11.6 Å². The summed E-state index contributed by atoms with van der Waals surface area (Å²) < 4.78 is 4.58. The number of fused-ring (bicyclic) bond motifs is 6. The Morgan fingerprint density at radius 3 is 1.71 bits per heavy atom. The minimum Gasteiger partial charge on any atom is -0.309 e. The summed E-state index contributed by atoms with van der Waals surface area (Å²) >= 11 is 0. The number of hydrogen-bond acceptors (Lipinski definition) is 3. The van der Waals surface area contributed by atoms with Crippen molar-refractivity contribution in [2.75, 3.05) is 0 Å². The number of aromatic nitrogens is 5. The molecule has 1 aliphatic carbocycles. The molecule has 7 aromatic carbocycles. The molecule has 3 aromatic heterocycles. The molecule has 0 unspecified atom stereocenters. The monoisotopic (exact) mass is 717 g/mol. The lowest BCUT2D eigenvalue weighted by atomic mass is 10.0. The van der Waals surface area contributed by atoms with Crippen LogP contribution in [0, 0.1) is 0 Å². The van der Waals surface area contributed by atoms with Crippen molar-refractivity contribution in [2.24, 2.45) is 0 Å². The smallest absolute Gasteiger partial charge is 0.238 e. The van der Waals surface area contributed by atoms with E-state index in [4.69, 9.17) is 15.0 Å². The van der Waals surface area contributed by atoms with Crippen molar-refractivity contribution in [3.63, 3.8) is 0 Å². The lowest BCUT2D eigenvalue weighted by Crippen LogP contribution is -2.09. The summed E-state index contributed by atoms with van der Waals surface area (Å²) in [6, 6.07) is 62.2. The normalized spacial score (nSPS) is 12.4. The SMILES string of the molecule is C1=Cc2c(c3ccccc3n2-c2nc(-c3cccc(-c4ccccc4)c3)nc(-c3cccc(-n4c5ccccc5c5cc(-c6ccccc6)ccc54)c3)n2)CC1. The number of hydrogen-bond donors (Lipinski definition) is 0. The van der Waals surface area contributed by atoms with Gasteiger partial charge in [-0.3, -0.25) is 4.57 Å². The van der Waals surface area contributed by atoms with E-state index in [9.17, 15) is 0 Å². The van der Waals surface area contributed by atoms with E-state index in [2.05, 4.69) is 191 Å². The van der Waals surface area contributed by atoms with Crippen LogP contribution in [-0.4, -0.2) is 24.1 Å². The quantitative estimate of drug-likeness (QED) is 0.172. The average Bonchev–Trinajstić information content (AvgIpc) is 3.80. The van der Waals surface area contributed by atoms with E-state index in [0.717, 1.165) is 63.0 Å². The van der Waals surface area contributed by atoms with Crippen molar-refractivity contribution < 1.29 is 0 Å². The molecule has 1 aliphatic rings. The molecule has 3 heterocycles. The molecule has 264 valence electrons. The summed E-state index contributed by atoms with van der Waals surface area (Å²) in [4.78, 5) is 15.8. The number of rotatable bonds is 6. The summed E-state index contributed by atoms with van der Waals surface area (Å²) in [5.41, 5.74) is 13.4. The van der Waals surface area contributed by atoms with Crippen molar-refractivity contribution in [1.82, 2.24) is 24.1 Å². The highest BCUT2D eigenvalue weighted by molar-refractivity contribution is 6.10. The summed E-state index contributed by atoms with van der Waals surface area (Å²) in [5, 5.41) is 3.67. The van der Waals surface area contributed by atoms with Crippen LogP contribution in [0.2, 0.25) is 0 Å². The zero-order chi connectivity index (χ0) is 37.0. The van der Waals surface area contributed by atoms with E-state index < -0.39 is 0 Å². The molecule has 0 radical (unpaired) electrons. The van der Waals surface area contributed by atoms with Gasteiger partial charge in [0.1, 0.15) is 0 Å². The first-order valence-corrected chi connectivity index (χ1v) is 19.2. The van der Waals surface area contributed by atoms with Gasteiger partial charge in [-0.05, 0) is 89.2 Å². The minimum atomic E-state index is 0.606. The van der Waals surface area contributed by atoms with Crippen molar-refractivity contribution in [3.05, 3.63) is 193 Å². The van der Waals surface area contributed by atoms with Gasteiger partial charge in [0.05, 0.1) is 22.2 Å². The fourth-order valence-electron chi connectivity index (χ4n) is 8.44. The van der Waals surface area contributed by atoms with Gasteiger partial charge in [-0.15, -0.1) is 0 Å². The standard InChI is InChI=1S/C51H35N5/c1-3-15-34(16-4-1)36-19-13-20-38(31-36)49-52-50(54-51(53-49)56-46-27-11-7-23-41(46)42-24-8-12-28-47(42)56)39-21-14-22-40(32-39)55-45-26-10-9-25-43(45)44-33-37(29-30-48(44)55)35-17-5-2-6-18-35/h1-7,9-23,25-33H,8,24H2. The third-order valence-corrected chi connectivity index (χ3v) is 11.1. The Balaban J connectivity index is 1.11. The Labute approximate surface area is 324 Å². The summed E-state index contributed by atoms with van der Waals surface area (Å²) in [6.45, 7) is 0. The third-order valence-electron chi connectivity index (χ3n) is 11.1. The second-order valence-electron chi connectivity index (χ2n) is 14.4. The Kier molecular flexibility index (Phi) is 7.56. The van der Waals surface area contributed by atoms with E-state index in [1.165, 1.54) is 32.8 Å². The van der Waals surface area contributed by atoms with E-state index in [-0.39, 0.29) is 0 Å². The van der Waals surface area contributed by atoms with Gasteiger partial charge in [-0.25, -0.2) is 4.98 Å².